The zero-order chi connectivity index (χ0) is 12.3. The molecule has 1 aromatic carbocycles. The number of benzene rings is 1. The third-order valence-electron chi connectivity index (χ3n) is 2.71. The molecule has 0 aromatic heterocycles. The maximum absolute atomic E-state index is 12.0. The number of sulfonamides is 1. The molecule has 0 fully saturated rings. The van der Waals surface area contributed by atoms with Crippen molar-refractivity contribution in [1.29, 1.82) is 0 Å². The molecule has 17 heavy (non-hydrogen) atoms. The second kappa shape index (κ2) is 4.87. The first-order valence-electron chi connectivity index (χ1n) is 5.72. The van der Waals surface area contributed by atoms with Crippen LogP contribution in [-0.2, 0) is 10.0 Å². The number of nitrogens with zero attached hydrogens (tertiary/aromatic N) is 2. The molecule has 4 nitrogen and oxygen atoms in total. The molecule has 0 spiro atoms. The maximum Gasteiger partial charge on any atom is 0.167 e. The summed E-state index contributed by atoms with van der Waals surface area (Å²) in [4.78, 5) is 4.07. The van der Waals surface area contributed by atoms with Gasteiger partial charge < -0.3 is 4.83 Å². The third-order valence-corrected chi connectivity index (χ3v) is 4.01. The van der Waals surface area contributed by atoms with Crippen LogP contribution in [0.4, 0.5) is 0 Å². The van der Waals surface area contributed by atoms with Gasteiger partial charge in [0.05, 0.1) is 4.90 Å². The summed E-state index contributed by atoms with van der Waals surface area (Å²) in [6.07, 6.45) is 4.84. The second-order valence-corrected chi connectivity index (χ2v) is 5.80. The summed E-state index contributed by atoms with van der Waals surface area (Å²) < 4.78 is 25.5. The Morgan fingerprint density at radius 1 is 1.18 bits per heavy atom. The fourth-order valence-corrected chi connectivity index (χ4v) is 2.72. The lowest BCUT2D eigenvalue weighted by atomic mass is 10.2. The van der Waals surface area contributed by atoms with E-state index in [1.165, 1.54) is 0 Å². The standard InChI is InChI=1S/C12H16N2O2S/c1-11-5-7-12(8-6-11)17(15,16)13-14-9-3-2-4-10-14/h5-9H,2-4,10H2,1H3. The molecule has 1 aromatic rings. The largest absolute Gasteiger partial charge is 0.324 e. The summed E-state index contributed by atoms with van der Waals surface area (Å²) >= 11 is 0. The fourth-order valence-electron chi connectivity index (χ4n) is 1.72. The zero-order valence-electron chi connectivity index (χ0n) is 9.83. The summed E-state index contributed by atoms with van der Waals surface area (Å²) in [5, 5.41) is 0. The third kappa shape index (κ3) is 3.06. The minimum absolute atomic E-state index is 0.252. The van der Waals surface area contributed by atoms with E-state index in [-0.39, 0.29) is 4.90 Å². The molecule has 5 heteroatoms. The Morgan fingerprint density at radius 3 is 2.47 bits per heavy atom. The number of hydrogen-bond acceptors (Lipinski definition) is 2. The van der Waals surface area contributed by atoms with Gasteiger partial charge in [0, 0.05) is 12.8 Å². The normalized spacial score (nSPS) is 16.4. The van der Waals surface area contributed by atoms with Crippen LogP contribution >= 0.6 is 0 Å². The number of hydrogen-bond donors (Lipinski definition) is 0. The van der Waals surface area contributed by atoms with Crippen LogP contribution in [0.3, 0.4) is 0 Å². The molecule has 0 unspecified atom stereocenters. The van der Waals surface area contributed by atoms with E-state index in [1.54, 1.807) is 28.9 Å². The van der Waals surface area contributed by atoms with Crippen LogP contribution in [0.15, 0.2) is 29.2 Å². The van der Waals surface area contributed by atoms with Crippen molar-refractivity contribution in [2.24, 2.45) is 0 Å². The molecule has 0 radical (unpaired) electrons. The highest BCUT2D eigenvalue weighted by Gasteiger charge is 2.11. The van der Waals surface area contributed by atoms with Gasteiger partial charge in [-0.2, -0.15) is 0 Å². The Bertz CT molecular complexity index is 518. The molecule has 0 amide bonds. The van der Waals surface area contributed by atoms with Crippen LogP contribution < -0.4 is 0 Å². The number of rotatable bonds is 3. The molecular formula is C12H16N2O2S. The van der Waals surface area contributed by atoms with Crippen molar-refractivity contribution >= 4 is 16.2 Å². The Balaban J connectivity index is 2.18. The molecule has 0 atom stereocenters. The highest BCUT2D eigenvalue weighted by molar-refractivity contribution is 7.93. The lowest BCUT2D eigenvalue weighted by molar-refractivity contribution is -0.467. The van der Waals surface area contributed by atoms with Crippen LogP contribution in [0, 0.1) is 6.92 Å². The Hall–Kier alpha value is -1.36. The monoisotopic (exact) mass is 252 g/mol. The van der Waals surface area contributed by atoms with E-state index in [4.69, 9.17) is 0 Å². The van der Waals surface area contributed by atoms with Crippen molar-refractivity contribution in [3.05, 3.63) is 34.7 Å². The van der Waals surface area contributed by atoms with Crippen molar-refractivity contribution in [3.63, 3.8) is 0 Å². The Kier molecular flexibility index (Phi) is 3.47. The van der Waals surface area contributed by atoms with E-state index < -0.39 is 10.0 Å². The number of aryl methyl sites for hydroxylation is 1. The van der Waals surface area contributed by atoms with Gasteiger partial charge in [0.15, 0.2) is 10.0 Å². The molecule has 92 valence electrons. The SMILES string of the molecule is Cc1ccc(S(=O)(=O)[N-][N+]2=CCCCC2)cc1. The molecule has 0 aliphatic carbocycles. The smallest absolute Gasteiger partial charge is 0.167 e. The quantitative estimate of drug-likeness (QED) is 0.775. The van der Waals surface area contributed by atoms with E-state index >= 15 is 0 Å². The van der Waals surface area contributed by atoms with Crippen molar-refractivity contribution in [2.45, 2.75) is 31.1 Å². The topological polar surface area (TPSA) is 51.2 Å². The first-order valence-corrected chi connectivity index (χ1v) is 7.16. The van der Waals surface area contributed by atoms with Gasteiger partial charge in [-0.15, -0.1) is 0 Å². The molecule has 0 saturated heterocycles. The van der Waals surface area contributed by atoms with E-state index in [0.717, 1.165) is 24.8 Å². The predicted molar refractivity (Wildman–Crippen MR) is 66.8 cm³/mol. The minimum Gasteiger partial charge on any atom is -0.324 e. The van der Waals surface area contributed by atoms with Crippen molar-refractivity contribution < 1.29 is 13.1 Å². The summed E-state index contributed by atoms with van der Waals surface area (Å²) in [6.45, 7) is 2.61. The summed E-state index contributed by atoms with van der Waals surface area (Å²) in [5.74, 6) is 0. The zero-order valence-corrected chi connectivity index (χ0v) is 10.7. The van der Waals surface area contributed by atoms with Crippen molar-refractivity contribution in [1.82, 2.24) is 0 Å². The molecule has 1 heterocycles. The molecular weight excluding hydrogens is 236 g/mol. The average molecular weight is 252 g/mol. The summed E-state index contributed by atoms with van der Waals surface area (Å²) in [5.41, 5.74) is 1.04. The molecule has 1 aliphatic heterocycles. The maximum atomic E-state index is 12.0. The van der Waals surface area contributed by atoms with Crippen LogP contribution in [0.1, 0.15) is 24.8 Å². The van der Waals surface area contributed by atoms with Gasteiger partial charge in [0.2, 0.25) is 0 Å². The Labute approximate surface area is 102 Å². The Morgan fingerprint density at radius 2 is 1.88 bits per heavy atom. The lowest BCUT2D eigenvalue weighted by Crippen LogP contribution is -2.18. The van der Waals surface area contributed by atoms with Crippen molar-refractivity contribution in [2.75, 3.05) is 6.54 Å². The van der Waals surface area contributed by atoms with Gasteiger partial charge >= 0.3 is 0 Å². The molecule has 0 N–H and O–H groups in total. The van der Waals surface area contributed by atoms with Gasteiger partial charge in [0.1, 0.15) is 12.8 Å². The minimum atomic E-state index is -3.56. The van der Waals surface area contributed by atoms with Crippen LogP contribution in [-0.4, -0.2) is 25.9 Å². The first kappa shape index (κ1) is 12.1. The molecule has 2 rings (SSSR count). The highest BCUT2D eigenvalue weighted by atomic mass is 32.2. The van der Waals surface area contributed by atoms with E-state index in [9.17, 15) is 8.42 Å². The van der Waals surface area contributed by atoms with Gasteiger partial charge in [-0.1, -0.05) is 17.7 Å². The summed E-state index contributed by atoms with van der Waals surface area (Å²) in [7, 11) is -3.56. The van der Waals surface area contributed by atoms with Gasteiger partial charge in [0.25, 0.3) is 0 Å². The highest BCUT2D eigenvalue weighted by Crippen LogP contribution is 2.18. The van der Waals surface area contributed by atoms with Crippen LogP contribution in [0.25, 0.3) is 4.83 Å². The molecule has 0 bridgehead atoms. The van der Waals surface area contributed by atoms with Crippen LogP contribution in [0.5, 0.6) is 0 Å². The molecule has 1 aliphatic rings. The summed E-state index contributed by atoms with van der Waals surface area (Å²) in [6, 6.07) is 6.75. The van der Waals surface area contributed by atoms with Crippen LogP contribution in [0.2, 0.25) is 0 Å². The van der Waals surface area contributed by atoms with E-state index in [0.29, 0.717) is 6.54 Å². The molecule has 0 saturated carbocycles. The lowest BCUT2D eigenvalue weighted by Gasteiger charge is -2.20. The fraction of sp³-hybridized carbons (Fsp3) is 0.417. The van der Waals surface area contributed by atoms with E-state index in [1.807, 2.05) is 13.1 Å². The second-order valence-electron chi connectivity index (χ2n) is 4.21. The van der Waals surface area contributed by atoms with Gasteiger partial charge in [-0.25, -0.2) is 8.42 Å². The van der Waals surface area contributed by atoms with Gasteiger partial charge in [-0.05, 0) is 25.5 Å². The predicted octanol–water partition coefficient (Wildman–Crippen LogP) is 2.24. The van der Waals surface area contributed by atoms with Crippen molar-refractivity contribution in [3.8, 4) is 0 Å². The first-order chi connectivity index (χ1) is 8.08. The average Bonchev–Trinajstić information content (AvgIpc) is 2.30. The van der Waals surface area contributed by atoms with E-state index in [2.05, 4.69) is 4.83 Å². The van der Waals surface area contributed by atoms with Gasteiger partial charge in [-0.3, -0.25) is 4.68 Å².